The Morgan fingerprint density at radius 2 is 0.722 bits per heavy atom. The largest absolute Gasteiger partial charge is 0.388 e. The molecule has 0 fully saturated rings. The summed E-state index contributed by atoms with van der Waals surface area (Å²) in [5.41, 5.74) is 3.53. The van der Waals surface area contributed by atoms with Crippen LogP contribution >= 0.6 is 0 Å². The fourth-order valence-corrected chi connectivity index (χ4v) is 2.27. The molecular formula is C33H62O3. The minimum atomic E-state index is -0.417. The normalized spacial score (nSPS) is 10.2. The zero-order valence-electron chi connectivity index (χ0n) is 26.9. The summed E-state index contributed by atoms with van der Waals surface area (Å²) in [7, 11) is 6.48. The van der Waals surface area contributed by atoms with Gasteiger partial charge in [0.15, 0.2) is 5.79 Å². The highest BCUT2D eigenvalue weighted by molar-refractivity contribution is 5.23. The molecule has 3 nitrogen and oxygen atoms in total. The van der Waals surface area contributed by atoms with Crippen LogP contribution in [0.15, 0.2) is 60.7 Å². The van der Waals surface area contributed by atoms with E-state index in [0.29, 0.717) is 10.8 Å². The Balaban J connectivity index is -0.000000193. The summed E-state index contributed by atoms with van der Waals surface area (Å²) in [6, 6.07) is 21.3. The molecular weight excluding hydrogens is 444 g/mol. The van der Waals surface area contributed by atoms with Gasteiger partial charge in [-0.2, -0.15) is 0 Å². The maximum atomic E-state index is 4.86. The lowest BCUT2D eigenvalue weighted by atomic mass is 9.82. The van der Waals surface area contributed by atoms with Gasteiger partial charge in [0.1, 0.15) is 0 Å². The van der Waals surface area contributed by atoms with Crippen molar-refractivity contribution < 1.29 is 14.2 Å². The van der Waals surface area contributed by atoms with E-state index in [1.54, 1.807) is 28.4 Å². The Morgan fingerprint density at radius 1 is 0.500 bits per heavy atom. The van der Waals surface area contributed by atoms with Gasteiger partial charge in [0, 0.05) is 28.4 Å². The molecule has 0 saturated carbocycles. The number of ether oxygens (including phenoxy) is 3. The molecule has 0 heterocycles. The van der Waals surface area contributed by atoms with Gasteiger partial charge in [-0.1, -0.05) is 130 Å². The Kier molecular flexibility index (Phi) is 28.8. The zero-order chi connectivity index (χ0) is 29.3. The highest BCUT2D eigenvalue weighted by Gasteiger charge is 2.17. The number of benzene rings is 2. The molecule has 0 unspecified atom stereocenters. The number of hydrogen-bond donors (Lipinski definition) is 0. The summed E-state index contributed by atoms with van der Waals surface area (Å²) < 4.78 is 14.0. The van der Waals surface area contributed by atoms with Gasteiger partial charge < -0.3 is 14.2 Å². The Bertz CT molecular complexity index is 604. The summed E-state index contributed by atoms with van der Waals surface area (Å²) in [6.07, 6.45) is 2.38. The fourth-order valence-electron chi connectivity index (χ4n) is 2.27. The number of rotatable bonds is 6. The Hall–Kier alpha value is -1.68. The first-order valence-electron chi connectivity index (χ1n) is 13.5. The summed E-state index contributed by atoms with van der Waals surface area (Å²) >= 11 is 0. The van der Waals surface area contributed by atoms with Gasteiger partial charge in [0.2, 0.25) is 0 Å². The molecule has 2 rings (SSSR count). The van der Waals surface area contributed by atoms with Crippen LogP contribution in [-0.2, 0) is 25.0 Å². The highest BCUT2D eigenvalue weighted by Crippen LogP contribution is 2.26. The van der Waals surface area contributed by atoms with Crippen molar-refractivity contribution >= 4 is 0 Å². The SMILES string of the molecule is CC.CC.CCC(C)(C)c1ccccc1.CCC(C)(C)c1ccccc1.COC.COC(C)(C)OC. The van der Waals surface area contributed by atoms with Crippen LogP contribution in [0.25, 0.3) is 0 Å². The molecule has 0 spiro atoms. The van der Waals surface area contributed by atoms with Crippen LogP contribution in [0.5, 0.6) is 0 Å². The van der Waals surface area contributed by atoms with Crippen LogP contribution in [0.4, 0.5) is 0 Å². The van der Waals surface area contributed by atoms with Crippen LogP contribution < -0.4 is 0 Å². The van der Waals surface area contributed by atoms with Crippen molar-refractivity contribution in [1.82, 2.24) is 0 Å². The van der Waals surface area contributed by atoms with E-state index in [4.69, 9.17) is 9.47 Å². The second kappa shape index (κ2) is 25.0. The maximum Gasteiger partial charge on any atom is 0.161 e. The number of methoxy groups -OCH3 is 3. The summed E-state index contributed by atoms with van der Waals surface area (Å²) in [5, 5.41) is 0. The van der Waals surface area contributed by atoms with Crippen LogP contribution in [-0.4, -0.2) is 34.2 Å². The van der Waals surface area contributed by atoms with Crippen molar-refractivity contribution in [3.8, 4) is 0 Å². The molecule has 0 aliphatic carbocycles. The topological polar surface area (TPSA) is 27.7 Å². The lowest BCUT2D eigenvalue weighted by Crippen LogP contribution is -2.24. The molecule has 0 atom stereocenters. The average Bonchev–Trinajstić information content (AvgIpc) is 2.93. The molecule has 0 N–H and O–H groups in total. The molecule has 0 amide bonds. The molecule has 0 saturated heterocycles. The molecule has 0 aliphatic rings. The zero-order valence-corrected chi connectivity index (χ0v) is 26.9. The highest BCUT2D eigenvalue weighted by atomic mass is 16.7. The third-order valence-electron chi connectivity index (χ3n) is 5.86. The quantitative estimate of drug-likeness (QED) is 0.365. The van der Waals surface area contributed by atoms with Crippen LogP contribution in [0.1, 0.15) is 107 Å². The second-order valence-corrected chi connectivity index (χ2v) is 9.42. The first-order chi connectivity index (χ1) is 16.9. The summed E-state index contributed by atoms with van der Waals surface area (Å²) in [4.78, 5) is 0. The number of hydrogen-bond acceptors (Lipinski definition) is 3. The van der Waals surface area contributed by atoms with E-state index in [2.05, 4.69) is 107 Å². The summed E-state index contributed by atoms with van der Waals surface area (Å²) in [6.45, 7) is 25.3. The van der Waals surface area contributed by atoms with E-state index >= 15 is 0 Å². The summed E-state index contributed by atoms with van der Waals surface area (Å²) in [5.74, 6) is -0.417. The van der Waals surface area contributed by atoms with E-state index in [1.165, 1.54) is 24.0 Å². The molecule has 3 heteroatoms. The van der Waals surface area contributed by atoms with E-state index in [0.717, 1.165) is 0 Å². The van der Waals surface area contributed by atoms with Gasteiger partial charge >= 0.3 is 0 Å². The fraction of sp³-hybridized carbons (Fsp3) is 0.636. The van der Waals surface area contributed by atoms with E-state index in [9.17, 15) is 0 Å². The predicted molar refractivity (Wildman–Crippen MR) is 163 cm³/mol. The van der Waals surface area contributed by atoms with Crippen molar-refractivity contribution in [1.29, 1.82) is 0 Å². The minimum Gasteiger partial charge on any atom is -0.388 e. The molecule has 0 bridgehead atoms. The van der Waals surface area contributed by atoms with Crippen molar-refractivity contribution in [2.24, 2.45) is 0 Å². The van der Waals surface area contributed by atoms with Crippen molar-refractivity contribution in [2.45, 2.75) is 113 Å². The van der Waals surface area contributed by atoms with Crippen molar-refractivity contribution in [3.63, 3.8) is 0 Å². The van der Waals surface area contributed by atoms with E-state index < -0.39 is 5.79 Å². The van der Waals surface area contributed by atoms with Gasteiger partial charge in [-0.15, -0.1) is 0 Å². The molecule has 2 aromatic rings. The minimum absolute atomic E-state index is 0.335. The monoisotopic (exact) mass is 506 g/mol. The predicted octanol–water partition coefficient (Wildman–Crippen LogP) is 10.1. The van der Waals surface area contributed by atoms with Crippen LogP contribution in [0.2, 0.25) is 0 Å². The van der Waals surface area contributed by atoms with Gasteiger partial charge in [-0.05, 0) is 48.6 Å². The lowest BCUT2D eigenvalue weighted by Gasteiger charge is -2.22. The van der Waals surface area contributed by atoms with Crippen LogP contribution in [0, 0.1) is 0 Å². The van der Waals surface area contributed by atoms with Gasteiger partial charge in [0.25, 0.3) is 0 Å². The Labute approximate surface area is 227 Å². The van der Waals surface area contributed by atoms with Crippen LogP contribution in [0.3, 0.4) is 0 Å². The first-order valence-corrected chi connectivity index (χ1v) is 13.5. The van der Waals surface area contributed by atoms with Gasteiger partial charge in [-0.25, -0.2) is 0 Å². The van der Waals surface area contributed by atoms with E-state index in [1.807, 2.05) is 41.5 Å². The smallest absolute Gasteiger partial charge is 0.161 e. The maximum absolute atomic E-state index is 4.86. The second-order valence-electron chi connectivity index (χ2n) is 9.42. The standard InChI is InChI=1S/2C11H16.C5H12O2.C2H6O.2C2H6/c2*1-4-11(2,3)10-8-6-5-7-9-10;1-5(2,6-3)7-4;1-3-2;2*1-2/h2*5-9H,4H2,1-3H3;1-4H3;1-2H3;2*1-2H3. The third-order valence-corrected chi connectivity index (χ3v) is 5.86. The average molecular weight is 507 g/mol. The molecule has 36 heavy (non-hydrogen) atoms. The van der Waals surface area contributed by atoms with Crippen molar-refractivity contribution in [3.05, 3.63) is 71.8 Å². The van der Waals surface area contributed by atoms with Gasteiger partial charge in [0.05, 0.1) is 0 Å². The molecule has 212 valence electrons. The van der Waals surface area contributed by atoms with Gasteiger partial charge in [-0.3, -0.25) is 0 Å². The van der Waals surface area contributed by atoms with Crippen molar-refractivity contribution in [2.75, 3.05) is 28.4 Å². The molecule has 2 aromatic carbocycles. The first kappa shape index (κ1) is 41.4. The lowest BCUT2D eigenvalue weighted by molar-refractivity contribution is -0.178. The van der Waals surface area contributed by atoms with E-state index in [-0.39, 0.29) is 0 Å². The third kappa shape index (κ3) is 21.6. The molecule has 0 radical (unpaired) electrons. The molecule has 0 aliphatic heterocycles. The Morgan fingerprint density at radius 3 is 0.861 bits per heavy atom. The molecule has 0 aromatic heterocycles.